The quantitative estimate of drug-likeness (QED) is 0.817. The first-order chi connectivity index (χ1) is 9.36. The zero-order valence-electron chi connectivity index (χ0n) is 11.6. The van der Waals surface area contributed by atoms with Crippen molar-refractivity contribution < 1.29 is 10.6 Å². The number of benzene rings is 2. The van der Waals surface area contributed by atoms with Crippen LogP contribution in [0.2, 0.25) is 0 Å². The van der Waals surface area contributed by atoms with Gasteiger partial charge in [-0.25, -0.2) is 0 Å². The Balaban J connectivity index is 1.81. The molecule has 0 spiro atoms. The smallest absolute Gasteiger partial charge is 0.103 e. The molecule has 0 aliphatic carbocycles. The minimum absolute atomic E-state index is 0.832. The van der Waals surface area contributed by atoms with Crippen LogP contribution in [0.3, 0.4) is 0 Å². The van der Waals surface area contributed by atoms with E-state index < -0.39 is 0 Å². The fraction of sp³-hybridized carbons (Fsp3) is 0.412. The number of fused-ring (bicyclic) bond motifs is 1. The summed E-state index contributed by atoms with van der Waals surface area (Å²) in [6, 6.07) is 15.4. The number of rotatable bonds is 3. The molecule has 100 valence electrons. The molecule has 1 saturated heterocycles. The standard InChI is InChI=1S/C17H22N2/c18-11-14-5-4-10-19(12-14)13-16-8-3-7-15-6-1-2-9-17(15)16/h1-3,6-9,14H,4-5,10-13,18H2/p+2. The molecule has 0 aromatic heterocycles. The van der Waals surface area contributed by atoms with Crippen molar-refractivity contribution in [2.24, 2.45) is 5.92 Å². The van der Waals surface area contributed by atoms with Crippen molar-refractivity contribution >= 4 is 10.8 Å². The van der Waals surface area contributed by atoms with Crippen molar-refractivity contribution in [2.75, 3.05) is 19.6 Å². The molecular formula is C17H24N2+2. The maximum atomic E-state index is 4.09. The Kier molecular flexibility index (Phi) is 3.81. The lowest BCUT2D eigenvalue weighted by Crippen LogP contribution is -3.12. The van der Waals surface area contributed by atoms with Crippen LogP contribution < -0.4 is 10.6 Å². The molecule has 0 bridgehead atoms. The summed E-state index contributed by atoms with van der Waals surface area (Å²) in [4.78, 5) is 1.73. The first kappa shape index (κ1) is 12.6. The molecule has 0 radical (unpaired) electrons. The predicted molar refractivity (Wildman–Crippen MR) is 78.8 cm³/mol. The summed E-state index contributed by atoms with van der Waals surface area (Å²) in [6.07, 6.45) is 2.74. The van der Waals surface area contributed by atoms with E-state index in [0.29, 0.717) is 0 Å². The van der Waals surface area contributed by atoms with Gasteiger partial charge in [0.05, 0.1) is 25.6 Å². The van der Waals surface area contributed by atoms with Crippen LogP contribution in [0.4, 0.5) is 0 Å². The van der Waals surface area contributed by atoms with Gasteiger partial charge in [0.2, 0.25) is 0 Å². The van der Waals surface area contributed by atoms with E-state index in [-0.39, 0.29) is 0 Å². The number of nitrogens with one attached hydrogen (secondary N) is 1. The normalized spacial score (nSPS) is 23.6. The maximum absolute atomic E-state index is 4.09. The molecule has 3 rings (SSSR count). The van der Waals surface area contributed by atoms with E-state index in [4.69, 9.17) is 0 Å². The highest BCUT2D eigenvalue weighted by Crippen LogP contribution is 2.18. The van der Waals surface area contributed by atoms with Gasteiger partial charge in [0.1, 0.15) is 6.54 Å². The van der Waals surface area contributed by atoms with Crippen LogP contribution in [-0.2, 0) is 6.54 Å². The Bertz CT molecular complexity index is 544. The van der Waals surface area contributed by atoms with E-state index in [1.165, 1.54) is 42.3 Å². The van der Waals surface area contributed by atoms with Gasteiger partial charge in [-0.15, -0.1) is 0 Å². The van der Waals surface area contributed by atoms with Gasteiger partial charge in [0.15, 0.2) is 0 Å². The van der Waals surface area contributed by atoms with E-state index >= 15 is 0 Å². The minimum atomic E-state index is 0.832. The highest BCUT2D eigenvalue weighted by atomic mass is 15.1. The van der Waals surface area contributed by atoms with Crippen LogP contribution >= 0.6 is 0 Å². The van der Waals surface area contributed by atoms with Crippen LogP contribution in [0.1, 0.15) is 18.4 Å². The topological polar surface area (TPSA) is 32.1 Å². The van der Waals surface area contributed by atoms with Crippen LogP contribution in [0.25, 0.3) is 10.8 Å². The van der Waals surface area contributed by atoms with Crippen molar-refractivity contribution in [2.45, 2.75) is 19.4 Å². The summed E-state index contributed by atoms with van der Waals surface area (Å²) in [6.45, 7) is 4.88. The number of hydrogen-bond acceptors (Lipinski definition) is 0. The number of hydrogen-bond donors (Lipinski definition) is 2. The second-order valence-electron chi connectivity index (χ2n) is 5.82. The Morgan fingerprint density at radius 1 is 1.11 bits per heavy atom. The molecule has 1 fully saturated rings. The van der Waals surface area contributed by atoms with E-state index in [0.717, 1.165) is 19.0 Å². The summed E-state index contributed by atoms with van der Waals surface area (Å²) in [5.74, 6) is 0.832. The van der Waals surface area contributed by atoms with Gasteiger partial charge in [-0.2, -0.15) is 0 Å². The highest BCUT2D eigenvalue weighted by molar-refractivity contribution is 5.85. The average Bonchev–Trinajstić information content (AvgIpc) is 2.48. The molecule has 1 heterocycles. The summed E-state index contributed by atoms with van der Waals surface area (Å²) in [5.41, 5.74) is 5.59. The van der Waals surface area contributed by atoms with E-state index in [1.807, 2.05) is 0 Å². The van der Waals surface area contributed by atoms with E-state index in [9.17, 15) is 0 Å². The van der Waals surface area contributed by atoms with E-state index in [2.05, 4.69) is 48.2 Å². The monoisotopic (exact) mass is 256 g/mol. The van der Waals surface area contributed by atoms with Crippen molar-refractivity contribution in [3.63, 3.8) is 0 Å². The van der Waals surface area contributed by atoms with Crippen LogP contribution in [0.15, 0.2) is 42.5 Å². The van der Waals surface area contributed by atoms with Gasteiger partial charge < -0.3 is 10.6 Å². The first-order valence-electron chi connectivity index (χ1n) is 7.46. The summed E-state index contributed by atoms with van der Waals surface area (Å²) >= 11 is 0. The van der Waals surface area contributed by atoms with Gasteiger partial charge in [-0.1, -0.05) is 42.5 Å². The molecule has 0 saturated carbocycles. The van der Waals surface area contributed by atoms with Gasteiger partial charge in [0, 0.05) is 5.56 Å². The molecule has 19 heavy (non-hydrogen) atoms. The van der Waals surface area contributed by atoms with Crippen LogP contribution in [0, 0.1) is 5.92 Å². The van der Waals surface area contributed by atoms with E-state index in [1.54, 1.807) is 4.90 Å². The zero-order chi connectivity index (χ0) is 13.1. The number of piperidine rings is 1. The van der Waals surface area contributed by atoms with Crippen molar-refractivity contribution in [3.8, 4) is 0 Å². The molecule has 2 aromatic carbocycles. The Hall–Kier alpha value is -1.38. The molecule has 1 aliphatic heterocycles. The van der Waals surface area contributed by atoms with Gasteiger partial charge in [0.25, 0.3) is 0 Å². The molecule has 0 amide bonds. The SMILES string of the molecule is [NH3+]CC1CCC[NH+](Cc2cccc3ccccc23)C1. The minimum Gasteiger partial charge on any atom is -0.357 e. The fourth-order valence-electron chi connectivity index (χ4n) is 3.38. The molecule has 2 nitrogen and oxygen atoms in total. The summed E-state index contributed by atoms with van der Waals surface area (Å²) in [7, 11) is 0. The molecule has 1 aliphatic rings. The Morgan fingerprint density at radius 3 is 2.84 bits per heavy atom. The first-order valence-corrected chi connectivity index (χ1v) is 7.46. The average molecular weight is 256 g/mol. The molecule has 4 N–H and O–H groups in total. The lowest BCUT2D eigenvalue weighted by molar-refractivity contribution is -0.923. The van der Waals surface area contributed by atoms with Crippen molar-refractivity contribution in [1.29, 1.82) is 0 Å². The number of likely N-dealkylation sites (tertiary alicyclic amines) is 1. The van der Waals surface area contributed by atoms with Gasteiger partial charge in [-0.3, -0.25) is 0 Å². The third kappa shape index (κ3) is 2.80. The predicted octanol–water partition coefficient (Wildman–Crippen LogP) is 0.877. The lowest BCUT2D eigenvalue weighted by atomic mass is 9.97. The second kappa shape index (κ2) is 5.72. The summed E-state index contributed by atoms with van der Waals surface area (Å²) < 4.78 is 0. The third-order valence-electron chi connectivity index (χ3n) is 4.45. The largest absolute Gasteiger partial charge is 0.357 e. The van der Waals surface area contributed by atoms with Gasteiger partial charge >= 0.3 is 0 Å². The molecule has 2 aromatic rings. The highest BCUT2D eigenvalue weighted by Gasteiger charge is 2.23. The zero-order valence-corrected chi connectivity index (χ0v) is 11.6. The third-order valence-corrected chi connectivity index (χ3v) is 4.45. The number of quaternary nitrogens is 2. The lowest BCUT2D eigenvalue weighted by Gasteiger charge is -2.28. The Morgan fingerprint density at radius 2 is 1.95 bits per heavy atom. The maximum Gasteiger partial charge on any atom is 0.103 e. The van der Waals surface area contributed by atoms with Gasteiger partial charge in [-0.05, 0) is 23.6 Å². The molecular weight excluding hydrogens is 232 g/mol. The van der Waals surface area contributed by atoms with Crippen LogP contribution in [0.5, 0.6) is 0 Å². The fourth-order valence-corrected chi connectivity index (χ4v) is 3.38. The van der Waals surface area contributed by atoms with Crippen molar-refractivity contribution in [3.05, 3.63) is 48.0 Å². The second-order valence-corrected chi connectivity index (χ2v) is 5.82. The molecule has 2 atom stereocenters. The molecule has 2 unspecified atom stereocenters. The van der Waals surface area contributed by atoms with Crippen LogP contribution in [-0.4, -0.2) is 19.6 Å². The Labute approximate surface area is 115 Å². The van der Waals surface area contributed by atoms with Crippen molar-refractivity contribution in [1.82, 2.24) is 0 Å². The molecule has 2 heteroatoms. The summed E-state index contributed by atoms with van der Waals surface area (Å²) in [5, 5.41) is 2.79.